The number of hydrogen-bond donors (Lipinski definition) is 1. The van der Waals surface area contributed by atoms with Crippen LogP contribution in [0.2, 0.25) is 0 Å². The predicted octanol–water partition coefficient (Wildman–Crippen LogP) is 5.46. The Morgan fingerprint density at radius 2 is 1.17 bits per heavy atom. The highest BCUT2D eigenvalue weighted by Gasteiger charge is 2.37. The van der Waals surface area contributed by atoms with Gasteiger partial charge in [-0.2, -0.15) is 0 Å². The molecule has 0 radical (unpaired) electrons. The molecular formula is C25H35O3P. The van der Waals surface area contributed by atoms with Crippen molar-refractivity contribution < 1.29 is 14.5 Å². The van der Waals surface area contributed by atoms with E-state index in [9.17, 15) is 9.36 Å². The lowest BCUT2D eigenvalue weighted by Crippen LogP contribution is -2.29. The molecule has 2 aromatic rings. The van der Waals surface area contributed by atoms with Crippen LogP contribution in [0.1, 0.15) is 64.7 Å². The molecule has 1 atom stereocenters. The van der Waals surface area contributed by atoms with Gasteiger partial charge in [-0.1, -0.05) is 99.2 Å². The highest BCUT2D eigenvalue weighted by Crippen LogP contribution is 2.49. The first-order valence-electron chi connectivity index (χ1n) is 10.9. The van der Waals surface area contributed by atoms with E-state index in [4.69, 9.17) is 5.11 Å². The smallest absolute Gasteiger partial charge is 0.153 e. The molecule has 158 valence electrons. The van der Waals surface area contributed by atoms with Crippen LogP contribution in [-0.4, -0.2) is 23.2 Å². The minimum absolute atomic E-state index is 0.101. The molecule has 0 saturated heterocycles. The monoisotopic (exact) mass is 414 g/mol. The second-order valence-corrected chi connectivity index (χ2v) is 10.9. The van der Waals surface area contributed by atoms with Gasteiger partial charge < -0.3 is 9.67 Å². The summed E-state index contributed by atoms with van der Waals surface area (Å²) in [6.45, 7) is 2.13. The molecule has 0 heterocycles. The Bertz CT molecular complexity index is 715. The molecule has 3 nitrogen and oxygen atoms in total. The van der Waals surface area contributed by atoms with E-state index in [1.165, 1.54) is 19.3 Å². The molecule has 1 N–H and O–H groups in total. The molecule has 0 aromatic heterocycles. The van der Waals surface area contributed by atoms with Crippen molar-refractivity contribution >= 4 is 23.5 Å². The Balaban J connectivity index is 1.92. The van der Waals surface area contributed by atoms with Gasteiger partial charge in [0, 0.05) is 23.6 Å². The van der Waals surface area contributed by atoms with Gasteiger partial charge in [-0.05, 0) is 19.8 Å². The number of Topliss-reactive ketones (excluding diaryl/α,β-unsaturated/α-hetero) is 1. The topological polar surface area (TPSA) is 54.4 Å². The molecule has 0 fully saturated rings. The summed E-state index contributed by atoms with van der Waals surface area (Å²) in [7, 11) is -3.02. The zero-order chi connectivity index (χ0) is 21.0. The number of unbranched alkanes of at least 4 members (excludes halogenated alkanes) is 7. The second kappa shape index (κ2) is 12.8. The number of aliphatic hydroxyl groups is 1. The minimum atomic E-state index is -3.02. The SMILES string of the molecule is CC(C(=O)CCCCCCCCCCO)P(=O)(c1ccccc1)c1ccccc1. The van der Waals surface area contributed by atoms with Crippen LogP contribution in [0.25, 0.3) is 0 Å². The molecule has 2 aromatic carbocycles. The number of rotatable bonds is 14. The van der Waals surface area contributed by atoms with Crippen LogP contribution < -0.4 is 10.6 Å². The summed E-state index contributed by atoms with van der Waals surface area (Å²) < 4.78 is 14.2. The van der Waals surface area contributed by atoms with Crippen molar-refractivity contribution in [1.29, 1.82) is 0 Å². The van der Waals surface area contributed by atoms with E-state index < -0.39 is 12.8 Å². The Labute approximate surface area is 175 Å². The summed E-state index contributed by atoms with van der Waals surface area (Å²) in [6.07, 6.45) is 9.08. The van der Waals surface area contributed by atoms with E-state index >= 15 is 0 Å². The summed E-state index contributed by atoms with van der Waals surface area (Å²) in [5.41, 5.74) is -0.509. The van der Waals surface area contributed by atoms with Crippen molar-refractivity contribution in [3.8, 4) is 0 Å². The van der Waals surface area contributed by atoms with Gasteiger partial charge in [0.15, 0.2) is 7.14 Å². The molecular weight excluding hydrogens is 379 g/mol. The standard InChI is InChI=1S/C25H35O3P/c1-22(25(27)20-14-6-4-2-3-5-7-15-21-26)29(28,23-16-10-8-11-17-23)24-18-12-9-13-19-24/h8-13,16-19,22,26H,2-7,14-15,20-21H2,1H3. The van der Waals surface area contributed by atoms with Gasteiger partial charge in [-0.25, -0.2) is 0 Å². The van der Waals surface area contributed by atoms with Crippen molar-refractivity contribution in [3.05, 3.63) is 60.7 Å². The maximum absolute atomic E-state index is 14.2. The molecule has 1 unspecified atom stereocenters. The van der Waals surface area contributed by atoms with Gasteiger partial charge in [0.05, 0.1) is 5.66 Å². The highest BCUT2D eigenvalue weighted by atomic mass is 31.2. The van der Waals surface area contributed by atoms with Crippen LogP contribution in [0.5, 0.6) is 0 Å². The summed E-state index contributed by atoms with van der Waals surface area (Å²) in [5.74, 6) is 0.101. The lowest BCUT2D eigenvalue weighted by Gasteiger charge is -2.25. The van der Waals surface area contributed by atoms with E-state index in [0.29, 0.717) is 6.42 Å². The number of carbonyl (C=O) groups excluding carboxylic acids is 1. The predicted molar refractivity (Wildman–Crippen MR) is 123 cm³/mol. The second-order valence-electron chi connectivity index (χ2n) is 7.77. The van der Waals surface area contributed by atoms with Gasteiger partial charge in [0.1, 0.15) is 5.78 Å². The van der Waals surface area contributed by atoms with E-state index in [1.54, 1.807) is 0 Å². The van der Waals surface area contributed by atoms with E-state index in [1.807, 2.05) is 67.6 Å². The van der Waals surface area contributed by atoms with E-state index in [2.05, 4.69) is 0 Å². The Hall–Kier alpha value is -1.70. The lowest BCUT2D eigenvalue weighted by atomic mass is 10.1. The third kappa shape index (κ3) is 6.94. The average Bonchev–Trinajstić information content (AvgIpc) is 2.78. The molecule has 0 saturated carbocycles. The Morgan fingerprint density at radius 3 is 1.62 bits per heavy atom. The first-order valence-corrected chi connectivity index (χ1v) is 12.7. The van der Waals surface area contributed by atoms with Crippen LogP contribution in [0, 0.1) is 0 Å². The molecule has 29 heavy (non-hydrogen) atoms. The number of ketones is 1. The normalized spacial score (nSPS) is 12.6. The third-order valence-corrected chi connectivity index (χ3v) is 9.13. The summed E-state index contributed by atoms with van der Waals surface area (Å²) in [5, 5.41) is 10.3. The fourth-order valence-corrected chi connectivity index (χ4v) is 6.74. The van der Waals surface area contributed by atoms with Crippen molar-refractivity contribution in [2.24, 2.45) is 0 Å². The van der Waals surface area contributed by atoms with Gasteiger partial charge in [0.2, 0.25) is 0 Å². The van der Waals surface area contributed by atoms with Crippen molar-refractivity contribution in [3.63, 3.8) is 0 Å². The molecule has 2 rings (SSSR count). The summed E-state index contributed by atoms with van der Waals surface area (Å²) in [6, 6.07) is 18.9. The molecule has 0 aliphatic heterocycles. The van der Waals surface area contributed by atoms with Gasteiger partial charge in [0.25, 0.3) is 0 Å². The van der Waals surface area contributed by atoms with Crippen molar-refractivity contribution in [2.75, 3.05) is 6.61 Å². The number of aliphatic hydroxyl groups excluding tert-OH is 1. The van der Waals surface area contributed by atoms with Gasteiger partial charge >= 0.3 is 0 Å². The van der Waals surface area contributed by atoms with Gasteiger partial charge in [-0.15, -0.1) is 0 Å². The summed E-state index contributed by atoms with van der Waals surface area (Å²) >= 11 is 0. The highest BCUT2D eigenvalue weighted by molar-refractivity contribution is 7.80. The van der Waals surface area contributed by atoms with Crippen molar-refractivity contribution in [1.82, 2.24) is 0 Å². The number of benzene rings is 2. The Morgan fingerprint density at radius 1 is 0.759 bits per heavy atom. The van der Waals surface area contributed by atoms with Crippen LogP contribution >= 0.6 is 7.14 Å². The third-order valence-electron chi connectivity index (χ3n) is 5.62. The van der Waals surface area contributed by atoms with E-state index in [-0.39, 0.29) is 12.4 Å². The number of hydrogen-bond acceptors (Lipinski definition) is 3. The average molecular weight is 415 g/mol. The lowest BCUT2D eigenvalue weighted by molar-refractivity contribution is -0.118. The zero-order valence-electron chi connectivity index (χ0n) is 17.6. The molecule has 0 aliphatic carbocycles. The molecule has 0 amide bonds. The van der Waals surface area contributed by atoms with Crippen LogP contribution in [-0.2, 0) is 9.36 Å². The maximum atomic E-state index is 14.2. The fraction of sp³-hybridized carbons (Fsp3) is 0.480. The molecule has 0 aliphatic rings. The minimum Gasteiger partial charge on any atom is -0.396 e. The molecule has 4 heteroatoms. The Kier molecular flexibility index (Phi) is 10.4. The van der Waals surface area contributed by atoms with Crippen LogP contribution in [0.4, 0.5) is 0 Å². The van der Waals surface area contributed by atoms with E-state index in [0.717, 1.165) is 42.7 Å². The first kappa shape index (κ1) is 23.6. The molecule has 0 spiro atoms. The van der Waals surface area contributed by atoms with Gasteiger partial charge in [-0.3, -0.25) is 4.79 Å². The molecule has 0 bridgehead atoms. The zero-order valence-corrected chi connectivity index (χ0v) is 18.5. The van der Waals surface area contributed by atoms with Crippen molar-refractivity contribution in [2.45, 2.75) is 70.4 Å². The quantitative estimate of drug-likeness (QED) is 0.330. The largest absolute Gasteiger partial charge is 0.396 e. The fourth-order valence-electron chi connectivity index (χ4n) is 3.78. The van der Waals surface area contributed by atoms with Crippen LogP contribution in [0.15, 0.2) is 60.7 Å². The maximum Gasteiger partial charge on any atom is 0.153 e. The summed E-state index contributed by atoms with van der Waals surface area (Å²) in [4.78, 5) is 12.9. The van der Waals surface area contributed by atoms with Crippen LogP contribution in [0.3, 0.4) is 0 Å². The first-order chi connectivity index (χ1) is 14.1. The number of carbonyl (C=O) groups is 1.